The number of nitrogens with zero attached hydrogens (tertiary/aromatic N) is 1. The molecule has 0 fully saturated rings. The molecule has 4 rings (SSSR count). The number of aryl methyl sites for hydroxylation is 2. The maximum Gasteiger partial charge on any atom is 0.348 e. The molecular formula is C21H21NO4S. The lowest BCUT2D eigenvalue weighted by Crippen LogP contribution is -2.20. The highest BCUT2D eigenvalue weighted by molar-refractivity contribution is 7.14. The third kappa shape index (κ3) is 3.54. The molecule has 0 saturated heterocycles. The fourth-order valence-corrected chi connectivity index (χ4v) is 4.84. The van der Waals surface area contributed by atoms with Crippen LogP contribution in [0.4, 0.5) is 5.69 Å². The molecule has 1 amide bonds. The average molecular weight is 383 g/mol. The van der Waals surface area contributed by atoms with Gasteiger partial charge in [0.05, 0.1) is 6.42 Å². The first-order chi connectivity index (χ1) is 13.0. The minimum Gasteiger partial charge on any atom is -0.453 e. The van der Waals surface area contributed by atoms with Crippen LogP contribution in [0.3, 0.4) is 0 Å². The topological polar surface area (TPSA) is 63.7 Å². The van der Waals surface area contributed by atoms with Crippen molar-refractivity contribution in [1.29, 1.82) is 0 Å². The van der Waals surface area contributed by atoms with E-state index in [1.54, 1.807) is 30.1 Å². The lowest BCUT2D eigenvalue weighted by Gasteiger charge is -2.10. The van der Waals surface area contributed by atoms with Crippen LogP contribution in [-0.2, 0) is 28.8 Å². The zero-order chi connectivity index (χ0) is 19.0. The molecule has 0 atom stereocenters. The van der Waals surface area contributed by atoms with E-state index >= 15 is 0 Å². The molecule has 1 aliphatic heterocycles. The minimum atomic E-state index is -0.433. The van der Waals surface area contributed by atoms with Crippen molar-refractivity contribution >= 4 is 34.7 Å². The average Bonchev–Trinajstić information content (AvgIpc) is 3.11. The molecule has 0 unspecified atom stereocenters. The number of ether oxygens (including phenoxy) is 1. The number of Topliss-reactive ketones (excluding diaryl/α,β-unsaturated/α-hetero) is 1. The van der Waals surface area contributed by atoms with E-state index in [1.807, 2.05) is 6.07 Å². The van der Waals surface area contributed by atoms with Crippen LogP contribution < -0.4 is 4.90 Å². The molecule has 0 N–H and O–H groups in total. The second-order valence-corrected chi connectivity index (χ2v) is 8.23. The molecule has 0 spiro atoms. The standard InChI is InChI=1S/C21H21NO4S/c1-22-16-8-7-13(9-15(16)11-20(22)24)17(23)12-26-21(25)19-10-14-5-3-2-4-6-18(14)27-19/h7-10H,2-6,11-12H2,1H3. The predicted molar refractivity (Wildman–Crippen MR) is 104 cm³/mol. The maximum atomic E-state index is 12.4. The Morgan fingerprint density at radius 1 is 1.11 bits per heavy atom. The third-order valence-electron chi connectivity index (χ3n) is 5.26. The SMILES string of the molecule is CN1C(=O)Cc2cc(C(=O)COC(=O)c3cc4c(s3)CCCCC4)ccc21. The van der Waals surface area contributed by atoms with E-state index < -0.39 is 5.97 Å². The summed E-state index contributed by atoms with van der Waals surface area (Å²) in [6.07, 6.45) is 5.89. The number of esters is 1. The predicted octanol–water partition coefficient (Wildman–Crippen LogP) is 3.58. The molecule has 6 heteroatoms. The van der Waals surface area contributed by atoms with Gasteiger partial charge in [0.2, 0.25) is 5.91 Å². The first kappa shape index (κ1) is 17.9. The Bertz CT molecular complexity index is 907. The number of amides is 1. The molecule has 1 aromatic carbocycles. The van der Waals surface area contributed by atoms with Crippen LogP contribution in [0.25, 0.3) is 0 Å². The Balaban J connectivity index is 1.40. The summed E-state index contributed by atoms with van der Waals surface area (Å²) in [6.45, 7) is -0.288. The van der Waals surface area contributed by atoms with Crippen molar-refractivity contribution in [3.05, 3.63) is 50.7 Å². The number of anilines is 1. The lowest BCUT2D eigenvalue weighted by atomic mass is 10.1. The second-order valence-electron chi connectivity index (χ2n) is 7.09. The van der Waals surface area contributed by atoms with Gasteiger partial charge in [-0.15, -0.1) is 11.3 Å². The van der Waals surface area contributed by atoms with E-state index in [0.717, 1.165) is 36.9 Å². The minimum absolute atomic E-state index is 0.0125. The maximum absolute atomic E-state index is 12.4. The molecule has 0 saturated carbocycles. The van der Waals surface area contributed by atoms with Gasteiger partial charge in [-0.05, 0) is 61.1 Å². The number of thiophene rings is 1. The summed E-state index contributed by atoms with van der Waals surface area (Å²) in [5.74, 6) is -0.678. The first-order valence-corrected chi connectivity index (χ1v) is 10.1. The summed E-state index contributed by atoms with van der Waals surface area (Å²) >= 11 is 1.49. The summed E-state index contributed by atoms with van der Waals surface area (Å²) in [5, 5.41) is 0. The van der Waals surface area contributed by atoms with E-state index in [-0.39, 0.29) is 18.3 Å². The Kier molecular flexibility index (Phi) is 4.83. The van der Waals surface area contributed by atoms with Crippen LogP contribution in [0.15, 0.2) is 24.3 Å². The smallest absolute Gasteiger partial charge is 0.348 e. The molecule has 140 valence electrons. The van der Waals surface area contributed by atoms with E-state index in [1.165, 1.54) is 28.2 Å². The van der Waals surface area contributed by atoms with Gasteiger partial charge in [-0.1, -0.05) is 6.42 Å². The quantitative estimate of drug-likeness (QED) is 0.460. The zero-order valence-electron chi connectivity index (χ0n) is 15.2. The second kappa shape index (κ2) is 7.27. The number of rotatable bonds is 4. The van der Waals surface area contributed by atoms with Crippen LogP contribution in [0.5, 0.6) is 0 Å². The summed E-state index contributed by atoms with van der Waals surface area (Å²) in [4.78, 5) is 40.0. The highest BCUT2D eigenvalue weighted by Crippen LogP contribution is 2.30. The number of benzene rings is 1. The highest BCUT2D eigenvalue weighted by Gasteiger charge is 2.25. The van der Waals surface area contributed by atoms with Gasteiger partial charge in [-0.2, -0.15) is 0 Å². The van der Waals surface area contributed by atoms with Crippen molar-refractivity contribution in [3.63, 3.8) is 0 Å². The molecule has 5 nitrogen and oxygen atoms in total. The number of fused-ring (bicyclic) bond motifs is 2. The Hall–Kier alpha value is -2.47. The highest BCUT2D eigenvalue weighted by atomic mass is 32.1. The van der Waals surface area contributed by atoms with Crippen molar-refractivity contribution in [2.45, 2.75) is 38.5 Å². The lowest BCUT2D eigenvalue weighted by molar-refractivity contribution is -0.117. The molecular weight excluding hydrogens is 362 g/mol. The Labute approximate surface area is 161 Å². The number of likely N-dealkylation sites (N-methyl/N-ethyl adjacent to an activating group) is 1. The molecule has 1 aromatic heterocycles. The van der Waals surface area contributed by atoms with Crippen molar-refractivity contribution in [3.8, 4) is 0 Å². The summed E-state index contributed by atoms with van der Waals surface area (Å²) in [5.41, 5.74) is 3.38. The van der Waals surface area contributed by atoms with Gasteiger partial charge in [0.15, 0.2) is 12.4 Å². The van der Waals surface area contributed by atoms with Gasteiger partial charge in [0.1, 0.15) is 4.88 Å². The monoisotopic (exact) mass is 383 g/mol. The fourth-order valence-electron chi connectivity index (χ4n) is 3.70. The molecule has 2 heterocycles. The van der Waals surface area contributed by atoms with Crippen molar-refractivity contribution in [2.24, 2.45) is 0 Å². The van der Waals surface area contributed by atoms with Crippen molar-refractivity contribution in [2.75, 3.05) is 18.6 Å². The number of ketones is 1. The Morgan fingerprint density at radius 3 is 2.78 bits per heavy atom. The summed E-state index contributed by atoms with van der Waals surface area (Å²) in [7, 11) is 1.72. The van der Waals surface area contributed by atoms with Crippen LogP contribution in [0, 0.1) is 0 Å². The molecule has 1 aliphatic carbocycles. The normalized spacial score (nSPS) is 15.9. The third-order valence-corrected chi connectivity index (χ3v) is 6.48. The van der Waals surface area contributed by atoms with Gasteiger partial charge in [0.25, 0.3) is 0 Å². The van der Waals surface area contributed by atoms with E-state index in [0.29, 0.717) is 16.9 Å². The zero-order valence-corrected chi connectivity index (χ0v) is 16.1. The van der Waals surface area contributed by atoms with Crippen LogP contribution in [-0.4, -0.2) is 31.3 Å². The van der Waals surface area contributed by atoms with Crippen molar-refractivity contribution in [1.82, 2.24) is 0 Å². The van der Waals surface area contributed by atoms with Crippen LogP contribution >= 0.6 is 11.3 Å². The molecule has 0 radical (unpaired) electrons. The number of carbonyl (C=O) groups excluding carboxylic acids is 3. The summed E-state index contributed by atoms with van der Waals surface area (Å²) in [6, 6.07) is 7.10. The largest absolute Gasteiger partial charge is 0.453 e. The van der Waals surface area contributed by atoms with Gasteiger partial charge >= 0.3 is 5.97 Å². The van der Waals surface area contributed by atoms with Gasteiger partial charge in [-0.25, -0.2) is 4.79 Å². The van der Waals surface area contributed by atoms with E-state index in [9.17, 15) is 14.4 Å². The van der Waals surface area contributed by atoms with Crippen molar-refractivity contribution < 1.29 is 19.1 Å². The first-order valence-electron chi connectivity index (χ1n) is 9.24. The molecule has 0 bridgehead atoms. The Morgan fingerprint density at radius 2 is 1.93 bits per heavy atom. The number of hydrogen-bond acceptors (Lipinski definition) is 5. The van der Waals surface area contributed by atoms with E-state index in [4.69, 9.17) is 4.74 Å². The van der Waals surface area contributed by atoms with E-state index in [2.05, 4.69) is 0 Å². The van der Waals surface area contributed by atoms with Gasteiger partial charge in [0, 0.05) is 23.2 Å². The molecule has 27 heavy (non-hydrogen) atoms. The van der Waals surface area contributed by atoms with Crippen LogP contribution in [0.2, 0.25) is 0 Å². The van der Waals surface area contributed by atoms with Crippen LogP contribution in [0.1, 0.15) is 55.3 Å². The van der Waals surface area contributed by atoms with Gasteiger partial charge < -0.3 is 9.64 Å². The molecule has 2 aliphatic rings. The van der Waals surface area contributed by atoms with Gasteiger partial charge in [-0.3, -0.25) is 9.59 Å². The fraction of sp³-hybridized carbons (Fsp3) is 0.381. The molecule has 2 aromatic rings. The summed E-state index contributed by atoms with van der Waals surface area (Å²) < 4.78 is 5.26. The number of hydrogen-bond donors (Lipinski definition) is 0. The number of carbonyl (C=O) groups is 3.